The van der Waals surface area contributed by atoms with Crippen molar-refractivity contribution in [1.82, 2.24) is 30.0 Å². The summed E-state index contributed by atoms with van der Waals surface area (Å²) in [4.78, 5) is 29.5. The van der Waals surface area contributed by atoms with Crippen LogP contribution < -0.4 is 10.2 Å². The smallest absolute Gasteiger partial charge is 0.227 e. The summed E-state index contributed by atoms with van der Waals surface area (Å²) in [5.74, 6) is 0.228. The number of carbonyl (C=O) groups is 1. The van der Waals surface area contributed by atoms with Gasteiger partial charge in [-0.1, -0.05) is 6.07 Å². The molecule has 37 heavy (non-hydrogen) atoms. The van der Waals surface area contributed by atoms with E-state index in [0.29, 0.717) is 0 Å². The summed E-state index contributed by atoms with van der Waals surface area (Å²) < 4.78 is 0. The maximum absolute atomic E-state index is 12.2. The first-order valence-corrected chi connectivity index (χ1v) is 12.8. The van der Waals surface area contributed by atoms with Crippen molar-refractivity contribution in [1.29, 1.82) is 0 Å². The molecule has 5 aromatic rings. The number of anilines is 2. The fraction of sp³-hybridized carbons (Fsp3) is 0.286. The number of nitrogens with zero attached hydrogens (tertiary/aromatic N) is 5. The highest BCUT2D eigenvalue weighted by Gasteiger charge is 2.29. The van der Waals surface area contributed by atoms with Gasteiger partial charge in [0.05, 0.1) is 23.1 Å². The molecular formula is C28H28N8O. The Morgan fingerprint density at radius 2 is 1.86 bits per heavy atom. The molecule has 0 spiro atoms. The van der Waals surface area contributed by atoms with Gasteiger partial charge < -0.3 is 20.1 Å². The third-order valence-electron chi connectivity index (χ3n) is 7.46. The number of benzene rings is 1. The first-order valence-electron chi connectivity index (χ1n) is 12.8. The van der Waals surface area contributed by atoms with Crippen molar-refractivity contribution in [2.24, 2.45) is 5.92 Å². The Kier molecular flexibility index (Phi) is 5.17. The average Bonchev–Trinajstić information content (AvgIpc) is 3.55. The molecule has 4 aromatic heterocycles. The normalized spacial score (nSPS) is 16.5. The molecule has 0 atom stereocenters. The summed E-state index contributed by atoms with van der Waals surface area (Å²) in [5, 5.41) is 12.9. The predicted octanol–water partition coefficient (Wildman–Crippen LogP) is 4.27. The molecule has 7 rings (SSSR count). The summed E-state index contributed by atoms with van der Waals surface area (Å²) in [6, 6.07) is 12.4. The predicted molar refractivity (Wildman–Crippen MR) is 145 cm³/mol. The van der Waals surface area contributed by atoms with E-state index in [2.05, 4.69) is 65.5 Å². The zero-order valence-electron chi connectivity index (χ0n) is 20.7. The standard InChI is InChI=1S/C28H28N8O/c1-35-8-10-36(11-9-35)25-6-7-30-27-22(25)14-24(32-27)26-21-13-18(4-5-23(21)33-34-26)19-12-20(16-29-15-19)31-28(37)17-2-3-17/h4-7,12-17H,2-3,8-11H2,1H3,(H,30,32)(H,31,37)(H,33,34). The van der Waals surface area contributed by atoms with Gasteiger partial charge in [-0.2, -0.15) is 5.10 Å². The van der Waals surface area contributed by atoms with E-state index in [0.717, 1.165) is 89.2 Å². The SMILES string of the molecule is CN1CCN(c2ccnc3[nH]c(-c4n[nH]c5ccc(-c6cncc(NC(=O)C7CC7)c6)cc45)cc23)CC1. The molecule has 1 saturated heterocycles. The Balaban J connectivity index is 1.24. The maximum Gasteiger partial charge on any atom is 0.227 e. The van der Waals surface area contributed by atoms with E-state index in [9.17, 15) is 4.79 Å². The molecule has 5 heterocycles. The number of piperazine rings is 1. The molecule has 0 radical (unpaired) electrons. The minimum Gasteiger partial charge on any atom is -0.368 e. The molecule has 1 aliphatic heterocycles. The largest absolute Gasteiger partial charge is 0.368 e. The lowest BCUT2D eigenvalue weighted by Gasteiger charge is -2.34. The van der Waals surface area contributed by atoms with Gasteiger partial charge in [-0.15, -0.1) is 0 Å². The molecule has 2 aliphatic rings. The molecule has 1 saturated carbocycles. The number of hydrogen-bond donors (Lipinski definition) is 3. The number of pyridine rings is 2. The van der Waals surface area contributed by atoms with Crippen LogP contribution in [0.3, 0.4) is 0 Å². The van der Waals surface area contributed by atoms with E-state index in [1.54, 1.807) is 6.20 Å². The lowest BCUT2D eigenvalue weighted by atomic mass is 10.0. The zero-order chi connectivity index (χ0) is 24.9. The molecule has 3 N–H and O–H groups in total. The van der Waals surface area contributed by atoms with Crippen molar-refractivity contribution in [2.75, 3.05) is 43.4 Å². The Bertz CT molecular complexity index is 1620. The first-order chi connectivity index (χ1) is 18.1. The summed E-state index contributed by atoms with van der Waals surface area (Å²) in [6.45, 7) is 4.10. The number of H-pyrrole nitrogens is 2. The highest BCUT2D eigenvalue weighted by molar-refractivity contribution is 6.00. The minimum absolute atomic E-state index is 0.0786. The Morgan fingerprint density at radius 1 is 1.00 bits per heavy atom. The maximum atomic E-state index is 12.2. The van der Waals surface area contributed by atoms with Crippen molar-refractivity contribution in [3.05, 3.63) is 55.0 Å². The van der Waals surface area contributed by atoms with Gasteiger partial charge in [0.15, 0.2) is 0 Å². The Morgan fingerprint density at radius 3 is 2.70 bits per heavy atom. The van der Waals surface area contributed by atoms with Gasteiger partial charge in [0, 0.05) is 66.5 Å². The number of carbonyl (C=O) groups excluding carboxylic acids is 1. The minimum atomic E-state index is 0.0786. The van der Waals surface area contributed by atoms with Gasteiger partial charge in [0.1, 0.15) is 11.3 Å². The molecule has 1 aromatic carbocycles. The first kappa shape index (κ1) is 22.0. The van der Waals surface area contributed by atoms with E-state index in [1.807, 2.05) is 30.6 Å². The van der Waals surface area contributed by atoms with E-state index in [1.165, 1.54) is 5.69 Å². The third kappa shape index (κ3) is 4.11. The fourth-order valence-corrected chi connectivity index (χ4v) is 5.12. The van der Waals surface area contributed by atoms with Crippen molar-refractivity contribution in [3.8, 4) is 22.5 Å². The fourth-order valence-electron chi connectivity index (χ4n) is 5.12. The molecular weight excluding hydrogens is 464 g/mol. The number of rotatable bonds is 5. The molecule has 1 aliphatic carbocycles. The van der Waals surface area contributed by atoms with Gasteiger partial charge >= 0.3 is 0 Å². The van der Waals surface area contributed by atoms with E-state index in [-0.39, 0.29) is 11.8 Å². The average molecular weight is 493 g/mol. The van der Waals surface area contributed by atoms with Crippen LogP contribution >= 0.6 is 0 Å². The second-order valence-corrected chi connectivity index (χ2v) is 10.1. The highest BCUT2D eigenvalue weighted by Crippen LogP contribution is 2.35. The monoisotopic (exact) mass is 492 g/mol. The van der Waals surface area contributed by atoms with E-state index >= 15 is 0 Å². The quantitative estimate of drug-likeness (QED) is 0.338. The summed E-state index contributed by atoms with van der Waals surface area (Å²) in [6.07, 6.45) is 7.33. The number of nitrogens with one attached hydrogen (secondary N) is 3. The van der Waals surface area contributed by atoms with Crippen LogP contribution in [-0.4, -0.2) is 69.2 Å². The van der Waals surface area contributed by atoms with Crippen LogP contribution in [0.25, 0.3) is 44.5 Å². The van der Waals surface area contributed by atoms with E-state index < -0.39 is 0 Å². The molecule has 9 nitrogen and oxygen atoms in total. The molecule has 1 amide bonds. The highest BCUT2D eigenvalue weighted by atomic mass is 16.2. The van der Waals surface area contributed by atoms with E-state index in [4.69, 9.17) is 0 Å². The molecule has 9 heteroatoms. The van der Waals surface area contributed by atoms with Crippen molar-refractivity contribution >= 4 is 39.2 Å². The summed E-state index contributed by atoms with van der Waals surface area (Å²) in [7, 11) is 2.17. The second-order valence-electron chi connectivity index (χ2n) is 10.1. The molecule has 0 unspecified atom stereocenters. The van der Waals surface area contributed by atoms with Crippen LogP contribution in [0.5, 0.6) is 0 Å². The number of likely N-dealkylation sites (N-methyl/N-ethyl adjacent to an activating group) is 1. The second kappa shape index (κ2) is 8.70. The number of aromatic nitrogens is 5. The van der Waals surface area contributed by atoms with Gasteiger partial charge in [-0.25, -0.2) is 4.98 Å². The zero-order valence-corrected chi connectivity index (χ0v) is 20.7. The van der Waals surface area contributed by atoms with Crippen molar-refractivity contribution < 1.29 is 4.79 Å². The summed E-state index contributed by atoms with van der Waals surface area (Å²) >= 11 is 0. The molecule has 2 fully saturated rings. The Hall–Kier alpha value is -4.24. The van der Waals surface area contributed by atoms with Crippen LogP contribution in [0, 0.1) is 5.92 Å². The van der Waals surface area contributed by atoms with Gasteiger partial charge in [-0.3, -0.25) is 14.9 Å². The Labute approximate surface area is 213 Å². The topological polar surface area (TPSA) is 106 Å². The van der Waals surface area contributed by atoms with Gasteiger partial charge in [0.25, 0.3) is 0 Å². The molecule has 0 bridgehead atoms. The van der Waals surface area contributed by atoms with Crippen molar-refractivity contribution in [3.63, 3.8) is 0 Å². The van der Waals surface area contributed by atoms with Crippen LogP contribution in [-0.2, 0) is 4.79 Å². The number of fused-ring (bicyclic) bond motifs is 2. The number of amides is 1. The number of hydrogen-bond acceptors (Lipinski definition) is 6. The van der Waals surface area contributed by atoms with Gasteiger partial charge in [0.2, 0.25) is 5.91 Å². The number of aromatic amines is 2. The van der Waals surface area contributed by atoms with Crippen LogP contribution in [0.15, 0.2) is 55.0 Å². The summed E-state index contributed by atoms with van der Waals surface area (Å²) in [5.41, 5.74) is 7.48. The third-order valence-corrected chi connectivity index (χ3v) is 7.46. The van der Waals surface area contributed by atoms with Crippen molar-refractivity contribution in [2.45, 2.75) is 12.8 Å². The van der Waals surface area contributed by atoms with Gasteiger partial charge in [-0.05, 0) is 55.8 Å². The lowest BCUT2D eigenvalue weighted by Crippen LogP contribution is -2.44. The van der Waals surface area contributed by atoms with Crippen LogP contribution in [0.4, 0.5) is 11.4 Å². The van der Waals surface area contributed by atoms with Crippen LogP contribution in [0.2, 0.25) is 0 Å². The lowest BCUT2D eigenvalue weighted by molar-refractivity contribution is -0.117. The van der Waals surface area contributed by atoms with Crippen LogP contribution in [0.1, 0.15) is 12.8 Å². The molecule has 186 valence electrons.